The van der Waals surface area contributed by atoms with Gasteiger partial charge in [-0.25, -0.2) is 9.74 Å². The number of phenolic OH excluding ortho intramolecular Hbond substituents is 1. The summed E-state index contributed by atoms with van der Waals surface area (Å²) >= 11 is 0. The summed E-state index contributed by atoms with van der Waals surface area (Å²) < 4.78 is 16.7. The molecule has 2 saturated heterocycles. The molecular weight excluding hydrogens is 391 g/mol. The fourth-order valence-electron chi connectivity index (χ4n) is 4.76. The third-order valence-corrected chi connectivity index (χ3v) is 6.36. The Balaban J connectivity index is 0.000000151. The molecule has 1 aromatic carbocycles. The van der Waals surface area contributed by atoms with E-state index < -0.39 is 11.9 Å². The van der Waals surface area contributed by atoms with Crippen LogP contribution in [0, 0.1) is 5.41 Å². The number of hydrogen-bond donors (Lipinski definition) is 2. The van der Waals surface area contributed by atoms with Gasteiger partial charge >= 0.3 is 17.9 Å². The number of phenols is 1. The first-order chi connectivity index (χ1) is 14.6. The minimum atomic E-state index is -1.25. The van der Waals surface area contributed by atoms with Gasteiger partial charge in [-0.05, 0) is 56.3 Å². The van der Waals surface area contributed by atoms with E-state index >= 15 is 0 Å². The fraction of sp³-hybridized carbons (Fsp3) is 0.571. The van der Waals surface area contributed by atoms with Gasteiger partial charge in [0.25, 0.3) is 0 Å². The third kappa shape index (κ3) is 4.40. The lowest BCUT2D eigenvalue weighted by molar-refractivity contribution is -0.0818. The molecule has 1 aromatic heterocycles. The third-order valence-electron chi connectivity index (χ3n) is 6.36. The van der Waals surface area contributed by atoms with Crippen LogP contribution in [0.2, 0.25) is 0 Å². The van der Waals surface area contributed by atoms with Gasteiger partial charge in [-0.15, -0.1) is 0 Å². The van der Waals surface area contributed by atoms with Crippen molar-refractivity contribution in [3.05, 3.63) is 35.7 Å². The van der Waals surface area contributed by atoms with E-state index in [9.17, 15) is 14.4 Å². The van der Waals surface area contributed by atoms with Crippen LogP contribution >= 0.6 is 0 Å². The Morgan fingerprint density at radius 1 is 1.20 bits per heavy atom. The normalized spacial score (nSPS) is 20.4. The Kier molecular flexibility index (Phi) is 6.17. The second kappa shape index (κ2) is 8.99. The topological polar surface area (TPSA) is 101 Å². The van der Waals surface area contributed by atoms with Crippen LogP contribution in [-0.4, -0.2) is 47.5 Å². The van der Waals surface area contributed by atoms with Gasteiger partial charge in [0.2, 0.25) is 0 Å². The van der Waals surface area contributed by atoms with Crippen LogP contribution in [0.25, 0.3) is 0 Å². The summed E-state index contributed by atoms with van der Waals surface area (Å²) in [5.41, 5.74) is 1.51. The fourth-order valence-corrected chi connectivity index (χ4v) is 4.76. The maximum absolute atomic E-state index is 11.6. The largest absolute Gasteiger partial charge is 0.508 e. The van der Waals surface area contributed by atoms with Crippen LogP contribution < -0.4 is 10.2 Å². The Morgan fingerprint density at radius 2 is 1.90 bits per heavy atom. The molecule has 0 unspecified atom stereocenters. The first-order valence-electron chi connectivity index (χ1n) is 10.5. The molecule has 3 fully saturated rings. The van der Waals surface area contributed by atoms with Crippen LogP contribution in [0.3, 0.4) is 0 Å². The molecule has 3 heterocycles. The van der Waals surface area contributed by atoms with Gasteiger partial charge in [-0.2, -0.15) is 0 Å². The quantitative estimate of drug-likeness (QED) is 0.783. The predicted molar refractivity (Wildman–Crippen MR) is 107 cm³/mol. The van der Waals surface area contributed by atoms with Gasteiger partial charge in [0.1, 0.15) is 5.75 Å². The number of hydrogen-bond acceptors (Lipinski definition) is 8. The summed E-state index contributed by atoms with van der Waals surface area (Å²) in [6, 6.07) is 7.95. The minimum Gasteiger partial charge on any atom is -0.508 e. The molecule has 1 aliphatic carbocycles. The van der Waals surface area contributed by atoms with Crippen molar-refractivity contribution >= 4 is 12.0 Å². The molecule has 0 radical (unpaired) electrons. The summed E-state index contributed by atoms with van der Waals surface area (Å²) in [4.78, 5) is 15.7. The lowest BCUT2D eigenvalue weighted by Gasteiger charge is -2.47. The summed E-state index contributed by atoms with van der Waals surface area (Å²) in [6.07, 6.45) is 7.29. The number of para-hydroxylation sites is 1. The average Bonchev–Trinajstić information content (AvgIpc) is 3.43. The molecule has 9 heteroatoms. The van der Waals surface area contributed by atoms with E-state index in [0.29, 0.717) is 17.1 Å². The zero-order valence-corrected chi connectivity index (χ0v) is 16.8. The van der Waals surface area contributed by atoms with Gasteiger partial charge in [0.05, 0.1) is 0 Å². The number of carbonyl (C=O) groups excluding carboxylic acids is 1. The number of aromatic nitrogens is 2. The van der Waals surface area contributed by atoms with Crippen molar-refractivity contribution in [3.8, 4) is 5.75 Å². The molecule has 2 aliphatic heterocycles. The van der Waals surface area contributed by atoms with E-state index in [1.54, 1.807) is 6.07 Å². The van der Waals surface area contributed by atoms with E-state index in [0.717, 1.165) is 44.6 Å². The number of nitrogens with zero attached hydrogens (tertiary/aromatic N) is 3. The lowest BCUT2D eigenvalue weighted by Crippen LogP contribution is -2.55. The molecule has 162 valence electrons. The molecule has 0 bridgehead atoms. The van der Waals surface area contributed by atoms with Gasteiger partial charge in [0.15, 0.2) is 0 Å². The molecule has 2 aromatic rings. The predicted octanol–water partition coefficient (Wildman–Crippen LogP) is 3.35. The van der Waals surface area contributed by atoms with Crippen molar-refractivity contribution in [1.82, 2.24) is 15.5 Å². The highest BCUT2D eigenvalue weighted by Crippen LogP contribution is 2.46. The highest BCUT2D eigenvalue weighted by molar-refractivity contribution is 5.83. The second-order valence-corrected chi connectivity index (χ2v) is 8.40. The molecule has 2 N–H and O–H groups in total. The van der Waals surface area contributed by atoms with E-state index in [1.807, 2.05) is 23.1 Å². The molecule has 5 rings (SSSR count). The van der Waals surface area contributed by atoms with Crippen molar-refractivity contribution in [3.63, 3.8) is 0 Å². The van der Waals surface area contributed by atoms with Gasteiger partial charge < -0.3 is 19.7 Å². The number of carbonyl (C=O) groups is 1. The summed E-state index contributed by atoms with van der Waals surface area (Å²) in [7, 11) is 0. The number of anilines is 1. The minimum absolute atomic E-state index is 0.267. The van der Waals surface area contributed by atoms with E-state index in [-0.39, 0.29) is 6.01 Å². The van der Waals surface area contributed by atoms with Crippen molar-refractivity contribution in [1.29, 1.82) is 0 Å². The van der Waals surface area contributed by atoms with Crippen LogP contribution in [0.4, 0.5) is 10.5 Å². The molecule has 1 spiro atoms. The first-order valence-corrected chi connectivity index (χ1v) is 10.5. The lowest BCUT2D eigenvalue weighted by atomic mass is 9.79. The molecule has 8 nitrogen and oxygen atoms in total. The van der Waals surface area contributed by atoms with Crippen molar-refractivity contribution in [2.75, 3.05) is 31.1 Å². The number of nitrogens with one attached hydrogen (secondary N) is 1. The van der Waals surface area contributed by atoms with Gasteiger partial charge in [0, 0.05) is 23.0 Å². The van der Waals surface area contributed by atoms with Gasteiger partial charge in [-0.1, -0.05) is 41.2 Å². The van der Waals surface area contributed by atoms with Crippen molar-refractivity contribution in [2.45, 2.75) is 44.4 Å². The zero-order valence-electron chi connectivity index (χ0n) is 16.8. The number of piperidine rings is 1. The summed E-state index contributed by atoms with van der Waals surface area (Å²) in [6.45, 7) is 3.89. The maximum atomic E-state index is 11.6. The van der Waals surface area contributed by atoms with E-state index in [2.05, 4.69) is 20.5 Å². The number of halogens is 1. The number of aromatic hydroxyl groups is 1. The number of rotatable bonds is 3. The SMILES string of the molecule is O=C(OF)c1nnc(N2CC3(CCCC3)C2)o1.Oc1ccccc1C1CCNCC1. The molecule has 3 aliphatic rings. The average molecular weight is 418 g/mol. The smallest absolute Gasteiger partial charge is 0.435 e. The molecule has 0 amide bonds. The van der Waals surface area contributed by atoms with E-state index in [1.165, 1.54) is 25.7 Å². The highest BCUT2D eigenvalue weighted by atomic mass is 19.3. The second-order valence-electron chi connectivity index (χ2n) is 8.40. The van der Waals surface area contributed by atoms with Gasteiger partial charge in [-0.3, -0.25) is 0 Å². The first kappa shape index (κ1) is 20.6. The summed E-state index contributed by atoms with van der Waals surface area (Å²) in [5.74, 6) is -0.702. The summed E-state index contributed by atoms with van der Waals surface area (Å²) in [5, 5.41) is 20.1. The molecule has 1 saturated carbocycles. The Labute approximate surface area is 174 Å². The van der Waals surface area contributed by atoms with Crippen LogP contribution in [0.15, 0.2) is 28.7 Å². The van der Waals surface area contributed by atoms with Crippen molar-refractivity contribution < 1.29 is 23.8 Å². The molecule has 0 atom stereocenters. The Bertz CT molecular complexity index is 854. The number of benzene rings is 1. The maximum Gasteiger partial charge on any atom is 0.435 e. The highest BCUT2D eigenvalue weighted by Gasteiger charge is 2.46. The molecule has 30 heavy (non-hydrogen) atoms. The molecular formula is C21H27FN4O4. The monoisotopic (exact) mass is 418 g/mol. The van der Waals surface area contributed by atoms with Crippen LogP contribution in [0.1, 0.15) is 60.7 Å². The van der Waals surface area contributed by atoms with Crippen LogP contribution in [0.5, 0.6) is 5.75 Å². The Morgan fingerprint density at radius 3 is 2.57 bits per heavy atom. The zero-order chi connectivity index (χ0) is 21.0. The van der Waals surface area contributed by atoms with Crippen molar-refractivity contribution in [2.24, 2.45) is 5.41 Å². The van der Waals surface area contributed by atoms with E-state index in [4.69, 9.17) is 4.42 Å². The Hall–Kier alpha value is -2.68. The van der Waals surface area contributed by atoms with Crippen LogP contribution in [-0.2, 0) is 4.94 Å². The standard InChI is InChI=1S/C11H15NO.C10H12FN3O3/c13-11-4-2-1-3-10(11)9-5-7-12-8-6-9;11-17-8(15)7-12-13-9(16-7)14-5-10(6-14)3-1-2-4-10/h1-4,9,12-13H,5-8H2;1-6H2.